The van der Waals surface area contributed by atoms with Crippen molar-refractivity contribution in [2.75, 3.05) is 16.7 Å². The average Bonchev–Trinajstić information content (AvgIpc) is 3.21. The largest absolute Gasteiger partial charge is 0.497 e. The molecule has 30 heavy (non-hydrogen) atoms. The van der Waals surface area contributed by atoms with Crippen molar-refractivity contribution in [3.63, 3.8) is 0 Å². The number of thiophene rings is 1. The first-order valence-corrected chi connectivity index (χ1v) is 11.2. The molecule has 0 bridgehead atoms. The van der Waals surface area contributed by atoms with Crippen LogP contribution in [0.15, 0.2) is 71.1 Å². The van der Waals surface area contributed by atoms with E-state index in [-0.39, 0.29) is 11.4 Å². The minimum absolute atomic E-state index is 0.0863. The van der Waals surface area contributed by atoms with Crippen LogP contribution in [0.25, 0.3) is 0 Å². The van der Waals surface area contributed by atoms with Gasteiger partial charge in [-0.2, -0.15) is 0 Å². The highest BCUT2D eigenvalue weighted by molar-refractivity contribution is 7.97. The molecular weight excluding hydrogens is 427 g/mol. The Kier molecular flexibility index (Phi) is 5.31. The minimum Gasteiger partial charge on any atom is -0.497 e. The molecule has 3 aromatic rings. The van der Waals surface area contributed by atoms with Crippen LogP contribution in [0, 0.1) is 5.82 Å². The monoisotopic (exact) mass is 444 g/mol. The summed E-state index contributed by atoms with van der Waals surface area (Å²) in [7, 11) is -2.60. The molecule has 6 nitrogen and oxygen atoms in total. The molecule has 0 atom stereocenters. The first kappa shape index (κ1) is 20.1. The summed E-state index contributed by atoms with van der Waals surface area (Å²) in [4.78, 5) is 12.8. The van der Waals surface area contributed by atoms with Gasteiger partial charge in [-0.05, 0) is 53.4 Å². The van der Waals surface area contributed by atoms with E-state index in [4.69, 9.17) is 4.74 Å². The van der Waals surface area contributed by atoms with Gasteiger partial charge in [-0.15, -0.1) is 11.3 Å². The highest BCUT2D eigenvalue weighted by Gasteiger charge is 2.41. The predicted molar refractivity (Wildman–Crippen MR) is 115 cm³/mol. The maximum atomic E-state index is 13.6. The summed E-state index contributed by atoms with van der Waals surface area (Å²) in [6.07, 6.45) is 1.20. The standard InChI is InChI=1S/C21H17FN2O4S2/c1-28-17-7-5-16(6-8-17)23-12-19-20(25)21-18(9-10-29-21)24(30(19,26)27)13-14-3-2-4-15(22)11-14/h2-12,23H,13H2,1H3/b19-12-. The summed E-state index contributed by atoms with van der Waals surface area (Å²) in [5, 5.41) is 4.53. The van der Waals surface area contributed by atoms with Gasteiger partial charge in [0.25, 0.3) is 10.0 Å². The molecule has 154 valence electrons. The molecule has 0 unspecified atom stereocenters. The van der Waals surface area contributed by atoms with E-state index in [0.717, 1.165) is 4.31 Å². The zero-order valence-electron chi connectivity index (χ0n) is 15.8. The van der Waals surface area contributed by atoms with Crippen LogP contribution in [-0.4, -0.2) is 21.3 Å². The number of nitrogens with one attached hydrogen (secondary N) is 1. The van der Waals surface area contributed by atoms with E-state index >= 15 is 0 Å². The van der Waals surface area contributed by atoms with E-state index in [0.29, 0.717) is 27.6 Å². The van der Waals surface area contributed by atoms with Crippen LogP contribution in [0.3, 0.4) is 0 Å². The smallest absolute Gasteiger partial charge is 0.270 e. The van der Waals surface area contributed by atoms with Crippen molar-refractivity contribution in [1.29, 1.82) is 0 Å². The van der Waals surface area contributed by atoms with Crippen molar-refractivity contribution >= 4 is 38.5 Å². The number of carbonyl (C=O) groups excluding carboxylic acids is 1. The van der Waals surface area contributed by atoms with Crippen molar-refractivity contribution in [2.24, 2.45) is 0 Å². The van der Waals surface area contributed by atoms with Gasteiger partial charge in [0.15, 0.2) is 4.91 Å². The molecule has 9 heteroatoms. The van der Waals surface area contributed by atoms with Crippen LogP contribution in [0.2, 0.25) is 0 Å². The van der Waals surface area contributed by atoms with E-state index in [9.17, 15) is 17.6 Å². The lowest BCUT2D eigenvalue weighted by Crippen LogP contribution is -2.38. The summed E-state index contributed by atoms with van der Waals surface area (Å²) < 4.78 is 46.4. The average molecular weight is 445 g/mol. The third-order valence-electron chi connectivity index (χ3n) is 4.59. The number of rotatable bonds is 5. The number of hydrogen-bond acceptors (Lipinski definition) is 6. The fourth-order valence-electron chi connectivity index (χ4n) is 3.09. The number of halogens is 1. The molecule has 1 aromatic heterocycles. The third-order valence-corrected chi connectivity index (χ3v) is 7.25. The number of fused-ring (bicyclic) bond motifs is 1. The second kappa shape index (κ2) is 7.92. The number of Topliss-reactive ketones (excluding diaryl/α,β-unsaturated/α-hetero) is 1. The number of methoxy groups -OCH3 is 1. The summed E-state index contributed by atoms with van der Waals surface area (Å²) in [6.45, 7) is -0.0863. The zero-order chi connectivity index (χ0) is 21.3. The van der Waals surface area contributed by atoms with Gasteiger partial charge in [-0.3, -0.25) is 9.10 Å². The highest BCUT2D eigenvalue weighted by atomic mass is 32.2. The minimum atomic E-state index is -4.15. The van der Waals surface area contributed by atoms with Crippen LogP contribution >= 0.6 is 11.3 Å². The topological polar surface area (TPSA) is 75.7 Å². The Morgan fingerprint density at radius 1 is 1.17 bits per heavy atom. The number of nitrogens with zero attached hydrogens (tertiary/aromatic N) is 1. The number of ether oxygens (including phenoxy) is 1. The van der Waals surface area contributed by atoms with E-state index in [2.05, 4.69) is 5.32 Å². The molecule has 0 amide bonds. The van der Waals surface area contributed by atoms with E-state index < -0.39 is 21.6 Å². The molecule has 0 aliphatic carbocycles. The van der Waals surface area contributed by atoms with Gasteiger partial charge in [0, 0.05) is 11.9 Å². The quantitative estimate of drug-likeness (QED) is 0.591. The number of carbonyl (C=O) groups is 1. The maximum Gasteiger partial charge on any atom is 0.270 e. The fraction of sp³-hybridized carbons (Fsp3) is 0.0952. The van der Waals surface area contributed by atoms with Crippen molar-refractivity contribution < 1.29 is 22.3 Å². The second-order valence-electron chi connectivity index (χ2n) is 6.49. The molecule has 2 heterocycles. The van der Waals surface area contributed by atoms with Gasteiger partial charge in [0.1, 0.15) is 16.4 Å². The molecule has 1 aliphatic rings. The number of anilines is 2. The van der Waals surface area contributed by atoms with Crippen molar-refractivity contribution in [3.05, 3.63) is 87.3 Å². The van der Waals surface area contributed by atoms with Crippen LogP contribution in [0.5, 0.6) is 5.75 Å². The van der Waals surface area contributed by atoms with Gasteiger partial charge >= 0.3 is 0 Å². The van der Waals surface area contributed by atoms with Crippen LogP contribution in [0.1, 0.15) is 15.2 Å². The second-order valence-corrected chi connectivity index (χ2v) is 9.23. The summed E-state index contributed by atoms with van der Waals surface area (Å²) >= 11 is 1.17. The van der Waals surface area contributed by atoms with Crippen LogP contribution in [0.4, 0.5) is 15.8 Å². The zero-order valence-corrected chi connectivity index (χ0v) is 17.5. The number of ketones is 1. The number of allylic oxidation sites excluding steroid dienone is 1. The normalized spacial score (nSPS) is 16.4. The van der Waals surface area contributed by atoms with E-state index in [1.54, 1.807) is 48.9 Å². The lowest BCUT2D eigenvalue weighted by molar-refractivity contribution is 0.104. The van der Waals surface area contributed by atoms with Gasteiger partial charge in [-0.1, -0.05) is 12.1 Å². The molecule has 2 aromatic carbocycles. The van der Waals surface area contributed by atoms with Gasteiger partial charge in [0.2, 0.25) is 5.78 Å². The Morgan fingerprint density at radius 3 is 2.63 bits per heavy atom. The SMILES string of the molecule is COc1ccc(N/C=C2/C(=O)c3sccc3N(Cc3cccc(F)c3)S2(=O)=O)cc1. The molecular formula is C21H17FN2O4S2. The summed E-state index contributed by atoms with van der Waals surface area (Å²) in [6, 6.07) is 14.1. The molecule has 1 aliphatic heterocycles. The van der Waals surface area contributed by atoms with E-state index in [1.807, 2.05) is 0 Å². The third kappa shape index (κ3) is 3.69. The van der Waals surface area contributed by atoms with Crippen LogP contribution in [-0.2, 0) is 16.6 Å². The van der Waals surface area contributed by atoms with E-state index in [1.165, 1.54) is 35.7 Å². The Hall–Kier alpha value is -3.17. The lowest BCUT2D eigenvalue weighted by atomic mass is 10.2. The molecule has 0 radical (unpaired) electrons. The Morgan fingerprint density at radius 2 is 1.93 bits per heavy atom. The molecule has 1 N–H and O–H groups in total. The van der Waals surface area contributed by atoms with Gasteiger partial charge in [0.05, 0.1) is 19.3 Å². The first-order chi connectivity index (χ1) is 14.4. The highest BCUT2D eigenvalue weighted by Crippen LogP contribution is 2.39. The summed E-state index contributed by atoms with van der Waals surface area (Å²) in [5.41, 5.74) is 1.38. The molecule has 0 saturated heterocycles. The number of hydrogen-bond donors (Lipinski definition) is 1. The maximum absolute atomic E-state index is 13.6. The Labute approximate surface area is 177 Å². The lowest BCUT2D eigenvalue weighted by Gasteiger charge is -2.29. The number of sulfonamides is 1. The van der Waals surface area contributed by atoms with Crippen molar-refractivity contribution in [1.82, 2.24) is 0 Å². The van der Waals surface area contributed by atoms with Crippen molar-refractivity contribution in [2.45, 2.75) is 6.54 Å². The van der Waals surface area contributed by atoms with Gasteiger partial charge in [-0.25, -0.2) is 12.8 Å². The fourth-order valence-corrected chi connectivity index (χ4v) is 5.58. The van der Waals surface area contributed by atoms with Crippen LogP contribution < -0.4 is 14.4 Å². The first-order valence-electron chi connectivity index (χ1n) is 8.90. The molecule has 0 fully saturated rings. The summed E-state index contributed by atoms with van der Waals surface area (Å²) in [5.74, 6) is -0.379. The molecule has 0 spiro atoms. The molecule has 4 rings (SSSR count). The van der Waals surface area contributed by atoms with Gasteiger partial charge < -0.3 is 10.1 Å². The Bertz CT molecular complexity index is 1230. The molecule has 0 saturated carbocycles. The Balaban J connectivity index is 1.71. The number of benzene rings is 2. The van der Waals surface area contributed by atoms with Crippen molar-refractivity contribution in [3.8, 4) is 5.75 Å². The predicted octanol–water partition coefficient (Wildman–Crippen LogP) is 4.38.